The van der Waals surface area contributed by atoms with Crippen LogP contribution in [0.15, 0.2) is 60.8 Å². The molecule has 0 saturated carbocycles. The molecular formula is C54H95O11P. The summed E-state index contributed by atoms with van der Waals surface area (Å²) in [6.07, 6.45) is 50.8. The fraction of sp³-hybridized carbons (Fsp3) is 0.759. The van der Waals surface area contributed by atoms with E-state index in [2.05, 4.69) is 69.4 Å². The number of phosphoric acid groups is 1. The Morgan fingerprint density at radius 3 is 1.30 bits per heavy atom. The van der Waals surface area contributed by atoms with E-state index in [4.69, 9.17) is 23.3 Å². The van der Waals surface area contributed by atoms with Gasteiger partial charge in [0, 0.05) is 19.3 Å². The number of hydrogen-bond acceptors (Lipinski definition) is 10. The largest absolute Gasteiger partial charge is 0.472 e. The van der Waals surface area contributed by atoms with Gasteiger partial charge in [-0.2, -0.15) is 0 Å². The van der Waals surface area contributed by atoms with Gasteiger partial charge in [-0.1, -0.05) is 197 Å². The predicted octanol–water partition coefficient (Wildman–Crippen LogP) is 14.8. The molecule has 11 nitrogen and oxygen atoms in total. The first-order valence-electron chi connectivity index (χ1n) is 26.2. The van der Waals surface area contributed by atoms with Gasteiger partial charge in [0.05, 0.1) is 19.8 Å². The van der Waals surface area contributed by atoms with Crippen molar-refractivity contribution in [3.05, 3.63) is 60.8 Å². The summed E-state index contributed by atoms with van der Waals surface area (Å²) in [4.78, 5) is 48.2. The molecule has 0 radical (unpaired) electrons. The lowest BCUT2D eigenvalue weighted by Gasteiger charge is -2.21. The van der Waals surface area contributed by atoms with Gasteiger partial charge < -0.3 is 24.2 Å². The number of esters is 3. The van der Waals surface area contributed by atoms with Crippen molar-refractivity contribution in [2.45, 2.75) is 238 Å². The van der Waals surface area contributed by atoms with Crippen LogP contribution in [0, 0.1) is 0 Å². The van der Waals surface area contributed by atoms with Gasteiger partial charge in [0.15, 0.2) is 6.10 Å². The highest BCUT2D eigenvalue weighted by Gasteiger charge is 2.28. The minimum Gasteiger partial charge on any atom is -0.462 e. The van der Waals surface area contributed by atoms with Crippen molar-refractivity contribution >= 4 is 25.7 Å². The molecule has 2 N–H and O–H groups in total. The average Bonchev–Trinajstić information content (AvgIpc) is 3.30. The van der Waals surface area contributed by atoms with E-state index in [1.807, 2.05) is 12.2 Å². The first kappa shape index (κ1) is 63.2. The third-order valence-electron chi connectivity index (χ3n) is 10.9. The number of rotatable bonds is 48. The van der Waals surface area contributed by atoms with Crippen molar-refractivity contribution in [3.63, 3.8) is 0 Å². The average molecular weight is 951 g/mol. The van der Waals surface area contributed by atoms with Gasteiger partial charge in [-0.05, 0) is 70.6 Å². The minimum atomic E-state index is -4.75. The minimum absolute atomic E-state index is 0.0461. The van der Waals surface area contributed by atoms with E-state index in [1.54, 1.807) is 0 Å². The van der Waals surface area contributed by atoms with Crippen LogP contribution in [0.5, 0.6) is 0 Å². The van der Waals surface area contributed by atoms with Gasteiger partial charge in [-0.3, -0.25) is 23.4 Å². The number of phosphoric ester groups is 1. The molecule has 66 heavy (non-hydrogen) atoms. The summed E-state index contributed by atoms with van der Waals surface area (Å²) in [6.45, 7) is 4.40. The van der Waals surface area contributed by atoms with E-state index in [-0.39, 0.29) is 25.9 Å². The first-order chi connectivity index (χ1) is 32.2. The van der Waals surface area contributed by atoms with Crippen LogP contribution in [0.1, 0.15) is 226 Å². The topological polar surface area (TPSA) is 155 Å². The number of carbonyl (C=O) groups excluding carboxylic acids is 3. The monoisotopic (exact) mass is 951 g/mol. The number of allylic oxidation sites excluding steroid dienone is 10. The highest BCUT2D eigenvalue weighted by molar-refractivity contribution is 7.47. The Morgan fingerprint density at radius 2 is 0.818 bits per heavy atom. The Morgan fingerprint density at radius 1 is 0.439 bits per heavy atom. The van der Waals surface area contributed by atoms with Crippen LogP contribution < -0.4 is 0 Å². The first-order valence-corrected chi connectivity index (χ1v) is 27.7. The van der Waals surface area contributed by atoms with Gasteiger partial charge in [0.25, 0.3) is 0 Å². The van der Waals surface area contributed by atoms with Crippen LogP contribution in [0.2, 0.25) is 0 Å². The van der Waals surface area contributed by atoms with Crippen molar-refractivity contribution in [1.29, 1.82) is 0 Å². The standard InChI is InChI=1S/C54H95O11P/c1-4-7-10-13-16-19-21-23-24-25-26-28-29-32-34-37-40-43-52(56)61-47-51(65-54(58)45-42-39-36-33-30-27-22-20-17-14-11-8-5-2)49-63-66(59,60)62-48-50(46-55)64-53(57)44-41-38-35-31-18-15-12-9-6-3/h8,11,17,20,23-24,27,30,36,39,50-51,55H,4-7,9-10,12-16,18-19,21-22,25-26,28-29,31-35,37-38,40-49H2,1-3H3,(H,59,60)/b11-8-,20-17-,24-23-,30-27-,39-36-. The normalized spacial score (nSPS) is 14.0. The fourth-order valence-electron chi connectivity index (χ4n) is 6.95. The number of ether oxygens (including phenoxy) is 3. The maximum atomic E-state index is 12.8. The molecule has 3 atom stereocenters. The molecule has 0 saturated heterocycles. The lowest BCUT2D eigenvalue weighted by molar-refractivity contribution is -0.161. The van der Waals surface area contributed by atoms with E-state index in [0.717, 1.165) is 70.6 Å². The molecule has 0 aliphatic heterocycles. The van der Waals surface area contributed by atoms with Crippen molar-refractivity contribution < 1.29 is 52.2 Å². The lowest BCUT2D eigenvalue weighted by atomic mass is 10.1. The van der Waals surface area contributed by atoms with Gasteiger partial charge in [0.2, 0.25) is 0 Å². The maximum absolute atomic E-state index is 12.8. The molecule has 0 amide bonds. The molecule has 0 aromatic rings. The van der Waals surface area contributed by atoms with Crippen molar-refractivity contribution in [2.24, 2.45) is 0 Å². The van der Waals surface area contributed by atoms with E-state index in [1.165, 1.54) is 96.3 Å². The molecule has 382 valence electrons. The van der Waals surface area contributed by atoms with E-state index < -0.39 is 57.8 Å². The molecule has 12 heteroatoms. The molecule has 0 aliphatic rings. The van der Waals surface area contributed by atoms with E-state index in [9.17, 15) is 28.9 Å². The molecular weight excluding hydrogens is 856 g/mol. The quantitative estimate of drug-likeness (QED) is 0.0197. The molecule has 0 aliphatic carbocycles. The summed E-state index contributed by atoms with van der Waals surface area (Å²) in [5.74, 6) is -1.57. The third kappa shape index (κ3) is 46.3. The summed E-state index contributed by atoms with van der Waals surface area (Å²) in [6, 6.07) is 0. The van der Waals surface area contributed by atoms with Gasteiger partial charge >= 0.3 is 25.7 Å². The Kier molecular flexibility index (Phi) is 46.6. The molecule has 0 rings (SSSR count). The van der Waals surface area contributed by atoms with Crippen LogP contribution in [0.25, 0.3) is 0 Å². The lowest BCUT2D eigenvalue weighted by Crippen LogP contribution is -2.30. The van der Waals surface area contributed by atoms with E-state index >= 15 is 0 Å². The third-order valence-corrected chi connectivity index (χ3v) is 11.9. The second-order valence-electron chi connectivity index (χ2n) is 17.3. The van der Waals surface area contributed by atoms with Gasteiger partial charge in [-0.15, -0.1) is 0 Å². The molecule has 0 aromatic heterocycles. The summed E-state index contributed by atoms with van der Waals surface area (Å²) >= 11 is 0. The zero-order chi connectivity index (χ0) is 48.4. The second-order valence-corrected chi connectivity index (χ2v) is 18.8. The summed E-state index contributed by atoms with van der Waals surface area (Å²) < 4.78 is 39.2. The predicted molar refractivity (Wildman–Crippen MR) is 270 cm³/mol. The fourth-order valence-corrected chi connectivity index (χ4v) is 7.74. The summed E-state index contributed by atoms with van der Waals surface area (Å²) in [7, 11) is -4.75. The SMILES string of the molecule is CC/C=C\C/C=C\C/C=C\C/C=C\CCC(=O)OC(COC(=O)CCCCCCCCC/C=C\CCCCCCCC)COP(=O)(O)OCC(CO)OC(=O)CCCCCCCCCCC. The number of aliphatic hydroxyl groups excluding tert-OH is 1. The summed E-state index contributed by atoms with van der Waals surface area (Å²) in [5, 5.41) is 9.74. The highest BCUT2D eigenvalue weighted by atomic mass is 31.2. The number of carbonyl (C=O) groups is 3. The molecule has 0 bridgehead atoms. The molecule has 0 aromatic carbocycles. The zero-order valence-electron chi connectivity index (χ0n) is 41.9. The molecule has 0 spiro atoms. The van der Waals surface area contributed by atoms with Crippen molar-refractivity contribution in [2.75, 3.05) is 26.4 Å². The molecule has 0 heterocycles. The van der Waals surface area contributed by atoms with Gasteiger partial charge in [-0.25, -0.2) is 4.57 Å². The maximum Gasteiger partial charge on any atom is 0.472 e. The van der Waals surface area contributed by atoms with E-state index in [0.29, 0.717) is 19.3 Å². The van der Waals surface area contributed by atoms with Crippen molar-refractivity contribution in [1.82, 2.24) is 0 Å². The summed E-state index contributed by atoms with van der Waals surface area (Å²) in [5.41, 5.74) is 0. The Balaban J connectivity index is 4.80. The van der Waals surface area contributed by atoms with Gasteiger partial charge in [0.1, 0.15) is 12.7 Å². The molecule has 0 fully saturated rings. The highest BCUT2D eigenvalue weighted by Crippen LogP contribution is 2.43. The number of hydrogen-bond donors (Lipinski definition) is 2. The van der Waals surface area contributed by atoms with Crippen LogP contribution in [-0.2, 0) is 42.2 Å². The number of aliphatic hydroxyl groups is 1. The van der Waals surface area contributed by atoms with Crippen LogP contribution in [-0.4, -0.2) is 66.5 Å². The van der Waals surface area contributed by atoms with Crippen molar-refractivity contribution in [3.8, 4) is 0 Å². The Labute approximate surface area is 402 Å². The van der Waals surface area contributed by atoms with Crippen LogP contribution >= 0.6 is 7.82 Å². The van der Waals surface area contributed by atoms with Crippen LogP contribution in [0.4, 0.5) is 0 Å². The van der Waals surface area contributed by atoms with Crippen LogP contribution in [0.3, 0.4) is 0 Å². The molecule has 3 unspecified atom stereocenters. The number of unbranched alkanes of at least 4 members (excludes halogenated alkanes) is 21. The second kappa shape index (κ2) is 48.6. The Hall–Kier alpha value is -2.82. The zero-order valence-corrected chi connectivity index (χ0v) is 42.8. The Bertz CT molecular complexity index is 1340. The smallest absolute Gasteiger partial charge is 0.462 e.